The Morgan fingerprint density at radius 3 is 2.73 bits per heavy atom. The van der Waals surface area contributed by atoms with E-state index in [1.54, 1.807) is 23.9 Å². The zero-order chi connectivity index (χ0) is 26.5. The minimum Gasteiger partial charge on any atom is -0.383 e. The Labute approximate surface area is 215 Å². The first kappa shape index (κ1) is 24.8. The van der Waals surface area contributed by atoms with Crippen LogP contribution in [0.3, 0.4) is 0 Å². The maximum Gasteiger partial charge on any atom is 0.253 e. The molecule has 1 aliphatic heterocycles. The molecular weight excluding hydrogens is 498 g/mol. The lowest BCUT2D eigenvalue weighted by Gasteiger charge is -2.22. The van der Waals surface area contributed by atoms with Crippen LogP contribution >= 0.6 is 11.3 Å². The number of benzene rings is 1. The molecule has 0 fully saturated rings. The van der Waals surface area contributed by atoms with Crippen molar-refractivity contribution in [3.8, 4) is 10.6 Å². The molecule has 0 radical (unpaired) electrons. The van der Waals surface area contributed by atoms with E-state index in [9.17, 15) is 13.6 Å². The Kier molecular flexibility index (Phi) is 6.14. The molecule has 0 bridgehead atoms. The van der Waals surface area contributed by atoms with Gasteiger partial charge in [0.1, 0.15) is 23.7 Å². The number of amides is 1. The summed E-state index contributed by atoms with van der Waals surface area (Å²) in [5.41, 5.74) is 7.72. The van der Waals surface area contributed by atoms with Crippen LogP contribution in [0.25, 0.3) is 27.2 Å². The number of halogens is 2. The van der Waals surface area contributed by atoms with Gasteiger partial charge in [0, 0.05) is 11.6 Å². The summed E-state index contributed by atoms with van der Waals surface area (Å²) in [7, 11) is 0. The van der Waals surface area contributed by atoms with Crippen molar-refractivity contribution in [2.45, 2.75) is 45.4 Å². The summed E-state index contributed by atoms with van der Waals surface area (Å²) >= 11 is 1.49. The number of nitrogen functional groups attached to an aromatic ring is 1. The molecule has 0 saturated carbocycles. The number of aromatic nitrogens is 5. The van der Waals surface area contributed by atoms with E-state index in [1.165, 1.54) is 35.9 Å². The van der Waals surface area contributed by atoms with Gasteiger partial charge in [-0.2, -0.15) is 5.10 Å². The first-order valence-corrected chi connectivity index (χ1v) is 12.5. The number of thiazole rings is 1. The SMILES string of the molecule is CC(C1=C(c2cccc(F)c2)C(=O)NCC(F)N1)n1nc(-c2cnc(C(C)(C)C)s2)c2c(N)ncnc21. The van der Waals surface area contributed by atoms with Gasteiger partial charge in [0.05, 0.1) is 39.1 Å². The van der Waals surface area contributed by atoms with E-state index in [0.717, 1.165) is 9.88 Å². The second-order valence-electron chi connectivity index (χ2n) is 9.83. The van der Waals surface area contributed by atoms with Crippen LogP contribution in [0.4, 0.5) is 14.6 Å². The van der Waals surface area contributed by atoms with Gasteiger partial charge in [0.15, 0.2) is 11.9 Å². The number of hydrogen-bond acceptors (Lipinski definition) is 8. The molecule has 1 aromatic carbocycles. The number of nitrogens with one attached hydrogen (secondary N) is 2. The van der Waals surface area contributed by atoms with Gasteiger partial charge in [-0.15, -0.1) is 11.3 Å². The van der Waals surface area contributed by atoms with Crippen molar-refractivity contribution in [1.29, 1.82) is 0 Å². The lowest BCUT2D eigenvalue weighted by atomic mass is 9.98. The largest absolute Gasteiger partial charge is 0.383 e. The van der Waals surface area contributed by atoms with Crippen LogP contribution in [0.1, 0.15) is 44.3 Å². The summed E-state index contributed by atoms with van der Waals surface area (Å²) in [5, 5.41) is 11.6. The summed E-state index contributed by atoms with van der Waals surface area (Å²) < 4.78 is 30.4. The maximum absolute atomic E-state index is 14.8. The number of carbonyl (C=O) groups excluding carboxylic acids is 1. The highest BCUT2D eigenvalue weighted by atomic mass is 32.1. The monoisotopic (exact) mass is 524 g/mol. The molecule has 0 aliphatic carbocycles. The highest BCUT2D eigenvalue weighted by molar-refractivity contribution is 7.15. The highest BCUT2D eigenvalue weighted by Gasteiger charge is 2.31. The predicted molar refractivity (Wildman–Crippen MR) is 139 cm³/mol. The molecular formula is C25H26F2N8OS. The van der Waals surface area contributed by atoms with Crippen molar-refractivity contribution >= 4 is 39.7 Å². The predicted octanol–water partition coefficient (Wildman–Crippen LogP) is 3.96. The van der Waals surface area contributed by atoms with E-state index in [4.69, 9.17) is 10.8 Å². The van der Waals surface area contributed by atoms with E-state index >= 15 is 0 Å². The molecule has 4 aromatic rings. The van der Waals surface area contributed by atoms with Crippen molar-refractivity contribution in [3.63, 3.8) is 0 Å². The topological polar surface area (TPSA) is 124 Å². The van der Waals surface area contributed by atoms with Gasteiger partial charge < -0.3 is 16.4 Å². The lowest BCUT2D eigenvalue weighted by Crippen LogP contribution is -2.34. The summed E-state index contributed by atoms with van der Waals surface area (Å²) in [4.78, 5) is 27.0. The average Bonchev–Trinajstić information content (AvgIpc) is 3.45. The van der Waals surface area contributed by atoms with Gasteiger partial charge in [-0.25, -0.2) is 28.4 Å². The second-order valence-corrected chi connectivity index (χ2v) is 10.9. The van der Waals surface area contributed by atoms with E-state index < -0.39 is 24.1 Å². The summed E-state index contributed by atoms with van der Waals surface area (Å²) in [6, 6.07) is 4.90. The molecule has 3 aromatic heterocycles. The van der Waals surface area contributed by atoms with E-state index in [0.29, 0.717) is 22.3 Å². The Hall–Kier alpha value is -3.93. The summed E-state index contributed by atoms with van der Waals surface area (Å²) in [6.45, 7) is 7.73. The van der Waals surface area contributed by atoms with Crippen molar-refractivity contribution in [1.82, 2.24) is 35.4 Å². The Morgan fingerprint density at radius 1 is 1.24 bits per heavy atom. The van der Waals surface area contributed by atoms with Crippen LogP contribution in [-0.4, -0.2) is 43.5 Å². The third-order valence-electron chi connectivity index (χ3n) is 6.05. The number of carbonyl (C=O) groups is 1. The molecule has 1 amide bonds. The zero-order valence-corrected chi connectivity index (χ0v) is 21.5. The van der Waals surface area contributed by atoms with Gasteiger partial charge in [-0.05, 0) is 24.6 Å². The summed E-state index contributed by atoms with van der Waals surface area (Å²) in [6.07, 6.45) is 1.50. The maximum atomic E-state index is 14.8. The number of nitrogens with two attached hydrogens (primary N) is 1. The smallest absolute Gasteiger partial charge is 0.253 e. The quantitative estimate of drug-likeness (QED) is 0.345. The minimum atomic E-state index is -1.57. The van der Waals surface area contributed by atoms with Gasteiger partial charge in [0.25, 0.3) is 5.91 Å². The fourth-order valence-electron chi connectivity index (χ4n) is 4.24. The van der Waals surface area contributed by atoms with Crippen molar-refractivity contribution in [2.24, 2.45) is 0 Å². The van der Waals surface area contributed by atoms with Crippen molar-refractivity contribution in [2.75, 3.05) is 12.3 Å². The molecule has 0 saturated heterocycles. The number of fused-ring (bicyclic) bond motifs is 1. The fourth-order valence-corrected chi connectivity index (χ4v) is 5.20. The molecule has 2 unspecified atom stereocenters. The molecule has 4 N–H and O–H groups in total. The van der Waals surface area contributed by atoms with Gasteiger partial charge >= 0.3 is 0 Å². The van der Waals surface area contributed by atoms with Crippen LogP contribution in [0.15, 0.2) is 42.5 Å². The standard InChI is InChI=1S/C25H26F2N8OS/c1-12(19-17(13-6-5-7-14(26)8-13)23(36)29-10-16(27)33-19)35-22-18(21(28)31-11-32-22)20(34-35)15-9-30-24(37-15)25(2,3)4/h5-9,11-12,16,33H,10H2,1-4H3,(H,29,36)(H2,28,31,32). The molecule has 4 heterocycles. The number of nitrogens with zero attached hydrogens (tertiary/aromatic N) is 5. The third-order valence-corrected chi connectivity index (χ3v) is 7.48. The third kappa shape index (κ3) is 4.52. The van der Waals surface area contributed by atoms with Gasteiger partial charge in [-0.3, -0.25) is 4.79 Å². The van der Waals surface area contributed by atoms with Crippen LogP contribution in [0.5, 0.6) is 0 Å². The minimum absolute atomic E-state index is 0.118. The Balaban J connectivity index is 1.72. The van der Waals surface area contributed by atoms with E-state index in [1.807, 2.05) is 0 Å². The number of alkyl halides is 1. The van der Waals surface area contributed by atoms with Crippen LogP contribution in [0.2, 0.25) is 0 Å². The van der Waals surface area contributed by atoms with Crippen molar-refractivity contribution < 1.29 is 13.6 Å². The first-order valence-electron chi connectivity index (χ1n) is 11.7. The zero-order valence-electron chi connectivity index (χ0n) is 20.7. The molecule has 192 valence electrons. The van der Waals surface area contributed by atoms with Gasteiger partial charge in [0.2, 0.25) is 0 Å². The van der Waals surface area contributed by atoms with E-state index in [2.05, 4.69) is 46.4 Å². The lowest BCUT2D eigenvalue weighted by molar-refractivity contribution is -0.115. The number of allylic oxidation sites excluding steroid dienone is 1. The number of anilines is 1. The molecule has 1 aliphatic rings. The average molecular weight is 525 g/mol. The Bertz CT molecular complexity index is 1540. The molecule has 5 rings (SSSR count). The van der Waals surface area contributed by atoms with Crippen molar-refractivity contribution in [3.05, 3.63) is 58.9 Å². The van der Waals surface area contributed by atoms with E-state index in [-0.39, 0.29) is 29.0 Å². The highest BCUT2D eigenvalue weighted by Crippen LogP contribution is 2.38. The normalized spacial score (nSPS) is 17.5. The summed E-state index contributed by atoms with van der Waals surface area (Å²) in [5.74, 6) is -0.806. The molecule has 12 heteroatoms. The van der Waals surface area contributed by atoms with Gasteiger partial charge in [-0.1, -0.05) is 32.9 Å². The molecule has 37 heavy (non-hydrogen) atoms. The number of rotatable bonds is 4. The molecule has 0 spiro atoms. The Morgan fingerprint density at radius 2 is 2.03 bits per heavy atom. The van der Waals surface area contributed by atoms with Crippen LogP contribution in [0, 0.1) is 5.82 Å². The molecule has 2 atom stereocenters. The van der Waals surface area contributed by atoms with Crippen LogP contribution < -0.4 is 16.4 Å². The number of hydrogen-bond donors (Lipinski definition) is 3. The van der Waals surface area contributed by atoms with Crippen LogP contribution in [-0.2, 0) is 10.2 Å². The first-order chi connectivity index (χ1) is 17.5. The molecule has 9 nitrogen and oxygen atoms in total. The fraction of sp³-hybridized carbons (Fsp3) is 0.320. The second kappa shape index (κ2) is 9.18.